The Hall–Kier alpha value is -1.22. The zero-order chi connectivity index (χ0) is 12.4. The summed E-state index contributed by atoms with van der Waals surface area (Å²) in [6.07, 6.45) is 0. The molecule has 0 spiro atoms. The number of ether oxygens (including phenoxy) is 1. The van der Waals surface area contributed by atoms with Gasteiger partial charge in [-0.3, -0.25) is 0 Å². The van der Waals surface area contributed by atoms with Gasteiger partial charge in [-0.25, -0.2) is 0 Å². The fraction of sp³-hybridized carbons (Fsp3) is 0.571. The van der Waals surface area contributed by atoms with Crippen LogP contribution in [-0.4, -0.2) is 25.7 Å². The number of benzene rings is 1. The minimum Gasteiger partial charge on any atom is -0.497 e. The molecule has 1 unspecified atom stereocenters. The average molecular weight is 234 g/mol. The van der Waals surface area contributed by atoms with E-state index in [1.807, 2.05) is 6.07 Å². The van der Waals surface area contributed by atoms with E-state index in [-0.39, 0.29) is 0 Å². The van der Waals surface area contributed by atoms with Crippen molar-refractivity contribution in [2.75, 3.05) is 18.6 Å². The third-order valence-corrected chi connectivity index (χ3v) is 3.34. The third-order valence-electron chi connectivity index (χ3n) is 3.34. The van der Waals surface area contributed by atoms with Crippen molar-refractivity contribution in [3.8, 4) is 5.75 Å². The lowest BCUT2D eigenvalue weighted by atomic mass is 10.1. The molecule has 1 aromatic rings. The van der Waals surface area contributed by atoms with Gasteiger partial charge in [0.25, 0.3) is 0 Å². The molecule has 0 amide bonds. The highest BCUT2D eigenvalue weighted by molar-refractivity contribution is 5.58. The van der Waals surface area contributed by atoms with Crippen LogP contribution >= 0.6 is 0 Å². The third kappa shape index (κ3) is 2.55. The summed E-state index contributed by atoms with van der Waals surface area (Å²) in [7, 11) is 1.72. The molecule has 0 radical (unpaired) electrons. The van der Waals surface area contributed by atoms with E-state index >= 15 is 0 Å². The summed E-state index contributed by atoms with van der Waals surface area (Å²) in [5, 5.41) is 3.54. The fourth-order valence-electron chi connectivity index (χ4n) is 2.32. The first-order valence-corrected chi connectivity index (χ1v) is 6.28. The summed E-state index contributed by atoms with van der Waals surface area (Å²) in [5.41, 5.74) is 2.65. The normalized spacial score (nSPS) is 20.1. The number of rotatable bonds is 2. The molecule has 3 nitrogen and oxygen atoms in total. The molecule has 0 fully saturated rings. The van der Waals surface area contributed by atoms with Gasteiger partial charge >= 0.3 is 0 Å². The zero-order valence-corrected chi connectivity index (χ0v) is 11.2. The van der Waals surface area contributed by atoms with E-state index in [4.69, 9.17) is 4.74 Å². The minimum absolute atomic E-state index is 0.503. The number of anilines is 1. The summed E-state index contributed by atoms with van der Waals surface area (Å²) < 4.78 is 5.33. The van der Waals surface area contributed by atoms with E-state index in [9.17, 15) is 0 Å². The molecule has 2 rings (SSSR count). The summed E-state index contributed by atoms with van der Waals surface area (Å²) in [4.78, 5) is 2.45. The van der Waals surface area contributed by atoms with Gasteiger partial charge in [-0.1, -0.05) is 6.07 Å². The maximum absolute atomic E-state index is 5.33. The molecule has 0 aliphatic carbocycles. The van der Waals surface area contributed by atoms with Crippen LogP contribution in [0.2, 0.25) is 0 Å². The van der Waals surface area contributed by atoms with Crippen LogP contribution in [0.4, 0.5) is 5.69 Å². The summed E-state index contributed by atoms with van der Waals surface area (Å²) in [6, 6.07) is 7.36. The highest BCUT2D eigenvalue weighted by Gasteiger charge is 2.21. The Morgan fingerprint density at radius 3 is 2.82 bits per heavy atom. The van der Waals surface area contributed by atoms with Crippen LogP contribution in [0, 0.1) is 0 Å². The van der Waals surface area contributed by atoms with Gasteiger partial charge in [0.2, 0.25) is 0 Å². The largest absolute Gasteiger partial charge is 0.497 e. The van der Waals surface area contributed by atoms with Crippen molar-refractivity contribution in [3.05, 3.63) is 23.8 Å². The Morgan fingerprint density at radius 2 is 2.18 bits per heavy atom. The van der Waals surface area contributed by atoms with Crippen LogP contribution in [0.5, 0.6) is 5.75 Å². The highest BCUT2D eigenvalue weighted by Crippen LogP contribution is 2.29. The molecule has 3 heteroatoms. The van der Waals surface area contributed by atoms with Gasteiger partial charge in [-0.15, -0.1) is 0 Å². The van der Waals surface area contributed by atoms with E-state index in [0.717, 1.165) is 18.8 Å². The van der Waals surface area contributed by atoms with E-state index in [2.05, 4.69) is 43.1 Å². The Balaban J connectivity index is 2.41. The molecule has 0 saturated carbocycles. The second kappa shape index (κ2) is 4.96. The smallest absolute Gasteiger partial charge is 0.120 e. The highest BCUT2D eigenvalue weighted by atomic mass is 16.5. The van der Waals surface area contributed by atoms with Crippen LogP contribution < -0.4 is 15.0 Å². The van der Waals surface area contributed by atoms with E-state index in [1.165, 1.54) is 11.3 Å². The van der Waals surface area contributed by atoms with Crippen LogP contribution in [0.1, 0.15) is 26.3 Å². The Morgan fingerprint density at radius 1 is 1.41 bits per heavy atom. The first-order valence-electron chi connectivity index (χ1n) is 6.28. The van der Waals surface area contributed by atoms with Crippen molar-refractivity contribution in [2.24, 2.45) is 0 Å². The lowest BCUT2D eigenvalue weighted by molar-refractivity contribution is 0.414. The number of nitrogens with zero attached hydrogens (tertiary/aromatic N) is 1. The topological polar surface area (TPSA) is 24.5 Å². The van der Waals surface area contributed by atoms with Crippen molar-refractivity contribution in [1.29, 1.82) is 0 Å². The van der Waals surface area contributed by atoms with Gasteiger partial charge in [-0.2, -0.15) is 0 Å². The van der Waals surface area contributed by atoms with Gasteiger partial charge in [-0.05, 0) is 32.4 Å². The van der Waals surface area contributed by atoms with E-state index in [1.54, 1.807) is 7.11 Å². The Kier molecular flexibility index (Phi) is 3.57. The molecule has 1 aliphatic heterocycles. The first kappa shape index (κ1) is 12.2. The lowest BCUT2D eigenvalue weighted by Gasteiger charge is -2.30. The maximum atomic E-state index is 5.33. The molecule has 1 heterocycles. The predicted octanol–water partition coefficient (Wildman–Crippen LogP) is 2.40. The number of hydrogen-bond donors (Lipinski definition) is 1. The van der Waals surface area contributed by atoms with Crippen molar-refractivity contribution in [2.45, 2.75) is 39.4 Å². The van der Waals surface area contributed by atoms with Crippen LogP contribution in [0.15, 0.2) is 18.2 Å². The van der Waals surface area contributed by atoms with E-state index in [0.29, 0.717) is 12.1 Å². The van der Waals surface area contributed by atoms with Crippen molar-refractivity contribution >= 4 is 5.69 Å². The van der Waals surface area contributed by atoms with Crippen molar-refractivity contribution in [3.63, 3.8) is 0 Å². The zero-order valence-electron chi connectivity index (χ0n) is 11.2. The van der Waals surface area contributed by atoms with Crippen molar-refractivity contribution < 1.29 is 4.74 Å². The molecule has 17 heavy (non-hydrogen) atoms. The Bertz CT molecular complexity index is 390. The predicted molar refractivity (Wildman–Crippen MR) is 71.8 cm³/mol. The monoisotopic (exact) mass is 234 g/mol. The Labute approximate surface area is 104 Å². The molecular weight excluding hydrogens is 212 g/mol. The first-order chi connectivity index (χ1) is 8.11. The maximum Gasteiger partial charge on any atom is 0.120 e. The minimum atomic E-state index is 0.503. The summed E-state index contributed by atoms with van der Waals surface area (Å²) in [5.74, 6) is 0.934. The number of methoxy groups -OCH3 is 1. The molecule has 0 saturated heterocycles. The van der Waals surface area contributed by atoms with Crippen LogP contribution in [0.3, 0.4) is 0 Å². The summed E-state index contributed by atoms with van der Waals surface area (Å²) in [6.45, 7) is 8.68. The molecule has 1 aromatic carbocycles. The van der Waals surface area contributed by atoms with Gasteiger partial charge in [0.15, 0.2) is 0 Å². The molecule has 1 aliphatic rings. The standard InChI is InChI=1S/C14H22N2O/c1-10(2)16-9-11(3)15-8-12-5-6-13(17-4)7-14(12)16/h5-7,10-11,15H,8-9H2,1-4H3. The quantitative estimate of drug-likeness (QED) is 0.850. The summed E-state index contributed by atoms with van der Waals surface area (Å²) >= 11 is 0. The second-order valence-electron chi connectivity index (χ2n) is 5.02. The molecular formula is C14H22N2O. The SMILES string of the molecule is COc1ccc2c(c1)N(C(C)C)CC(C)NC2. The number of hydrogen-bond acceptors (Lipinski definition) is 3. The second-order valence-corrected chi connectivity index (χ2v) is 5.02. The number of fused-ring (bicyclic) bond motifs is 1. The average Bonchev–Trinajstić information content (AvgIpc) is 2.48. The van der Waals surface area contributed by atoms with Gasteiger partial charge in [0, 0.05) is 36.9 Å². The lowest BCUT2D eigenvalue weighted by Crippen LogP contribution is -2.39. The van der Waals surface area contributed by atoms with Gasteiger partial charge < -0.3 is 15.0 Å². The van der Waals surface area contributed by atoms with Crippen LogP contribution in [0.25, 0.3) is 0 Å². The molecule has 0 aromatic heterocycles. The molecule has 0 bridgehead atoms. The van der Waals surface area contributed by atoms with Crippen LogP contribution in [-0.2, 0) is 6.54 Å². The molecule has 1 N–H and O–H groups in total. The van der Waals surface area contributed by atoms with E-state index < -0.39 is 0 Å². The van der Waals surface area contributed by atoms with Crippen molar-refractivity contribution in [1.82, 2.24) is 5.32 Å². The van der Waals surface area contributed by atoms with Gasteiger partial charge in [0.1, 0.15) is 5.75 Å². The van der Waals surface area contributed by atoms with Gasteiger partial charge in [0.05, 0.1) is 7.11 Å². The number of nitrogens with one attached hydrogen (secondary N) is 1. The molecule has 1 atom stereocenters. The molecule has 94 valence electrons. The fourth-order valence-corrected chi connectivity index (χ4v) is 2.32.